The molecule has 0 saturated carbocycles. The van der Waals surface area contributed by atoms with E-state index in [0.29, 0.717) is 23.5 Å². The molecular formula is C13H27NO2S. The van der Waals surface area contributed by atoms with Crippen molar-refractivity contribution in [1.29, 1.82) is 0 Å². The lowest BCUT2D eigenvalue weighted by atomic mass is 9.95. The number of hydrogen-bond acceptors (Lipinski definition) is 3. The van der Waals surface area contributed by atoms with E-state index in [-0.39, 0.29) is 0 Å². The van der Waals surface area contributed by atoms with Gasteiger partial charge >= 0.3 is 0 Å². The smallest absolute Gasteiger partial charge is 0.150 e. The minimum atomic E-state index is -2.71. The highest BCUT2D eigenvalue weighted by Gasteiger charge is 2.29. The van der Waals surface area contributed by atoms with Crippen LogP contribution in [0.3, 0.4) is 0 Å². The van der Waals surface area contributed by atoms with Crippen LogP contribution in [0.4, 0.5) is 0 Å². The lowest BCUT2D eigenvalue weighted by molar-refractivity contribution is 0.382. The van der Waals surface area contributed by atoms with Crippen LogP contribution in [-0.4, -0.2) is 32.5 Å². The molecule has 4 heteroatoms. The van der Waals surface area contributed by atoms with Crippen LogP contribution in [-0.2, 0) is 9.84 Å². The summed E-state index contributed by atoms with van der Waals surface area (Å²) in [6.07, 6.45) is 6.89. The molecule has 0 radical (unpaired) electrons. The van der Waals surface area contributed by atoms with Gasteiger partial charge in [0.1, 0.15) is 0 Å². The minimum absolute atomic E-state index is 0.394. The predicted molar refractivity (Wildman–Crippen MR) is 73.0 cm³/mol. The molecule has 1 saturated heterocycles. The summed E-state index contributed by atoms with van der Waals surface area (Å²) in [4.78, 5) is 0. The van der Waals surface area contributed by atoms with Gasteiger partial charge < -0.3 is 5.32 Å². The van der Waals surface area contributed by atoms with E-state index < -0.39 is 9.84 Å². The fraction of sp³-hybridized carbons (Fsp3) is 1.00. The molecule has 0 aromatic heterocycles. The lowest BCUT2D eigenvalue weighted by Gasteiger charge is -2.20. The molecule has 0 bridgehead atoms. The molecule has 102 valence electrons. The van der Waals surface area contributed by atoms with Crippen LogP contribution in [0.5, 0.6) is 0 Å². The normalized spacial score (nSPS) is 24.9. The molecule has 2 unspecified atom stereocenters. The molecule has 0 amide bonds. The first-order chi connectivity index (χ1) is 8.07. The first-order valence-electron chi connectivity index (χ1n) is 7.01. The average Bonchev–Trinajstić information content (AvgIpc) is 2.59. The van der Waals surface area contributed by atoms with Crippen LogP contribution in [0.15, 0.2) is 0 Å². The Bertz CT molecular complexity index is 301. The van der Waals surface area contributed by atoms with Crippen LogP contribution in [0, 0.1) is 5.92 Å². The number of unbranched alkanes of at least 4 members (excludes halogenated alkanes) is 2. The van der Waals surface area contributed by atoms with E-state index in [1.165, 1.54) is 25.7 Å². The topological polar surface area (TPSA) is 46.2 Å². The van der Waals surface area contributed by atoms with E-state index in [9.17, 15) is 8.42 Å². The van der Waals surface area contributed by atoms with Gasteiger partial charge in [0.25, 0.3) is 0 Å². The highest BCUT2D eigenvalue weighted by atomic mass is 32.2. The molecule has 3 nitrogen and oxygen atoms in total. The van der Waals surface area contributed by atoms with Gasteiger partial charge in [-0.25, -0.2) is 8.42 Å². The van der Waals surface area contributed by atoms with Crippen LogP contribution in [0.25, 0.3) is 0 Å². The second-order valence-electron chi connectivity index (χ2n) is 5.26. The number of nitrogens with one attached hydrogen (secondary N) is 1. The summed E-state index contributed by atoms with van der Waals surface area (Å²) < 4.78 is 22.8. The quantitative estimate of drug-likeness (QED) is 0.682. The zero-order valence-corrected chi connectivity index (χ0v) is 12.1. The van der Waals surface area contributed by atoms with Crippen molar-refractivity contribution < 1.29 is 8.42 Å². The summed E-state index contributed by atoms with van der Waals surface area (Å²) in [5, 5.41) is 3.50. The van der Waals surface area contributed by atoms with Crippen molar-refractivity contribution in [3.05, 3.63) is 0 Å². The van der Waals surface area contributed by atoms with E-state index in [4.69, 9.17) is 0 Å². The molecule has 1 rings (SSSR count). The second-order valence-corrected chi connectivity index (χ2v) is 7.48. The Balaban J connectivity index is 2.33. The van der Waals surface area contributed by atoms with Crippen molar-refractivity contribution >= 4 is 9.84 Å². The third-order valence-corrected chi connectivity index (χ3v) is 5.43. The van der Waals surface area contributed by atoms with Gasteiger partial charge in [-0.15, -0.1) is 0 Å². The van der Waals surface area contributed by atoms with Crippen molar-refractivity contribution in [2.75, 3.05) is 18.1 Å². The highest BCUT2D eigenvalue weighted by molar-refractivity contribution is 7.91. The van der Waals surface area contributed by atoms with Crippen LogP contribution in [0.2, 0.25) is 0 Å². The van der Waals surface area contributed by atoms with E-state index >= 15 is 0 Å². The van der Waals surface area contributed by atoms with E-state index in [1.807, 2.05) is 0 Å². The molecule has 2 atom stereocenters. The largest absolute Gasteiger partial charge is 0.314 e. The van der Waals surface area contributed by atoms with Gasteiger partial charge in [-0.05, 0) is 31.7 Å². The van der Waals surface area contributed by atoms with Crippen LogP contribution < -0.4 is 5.32 Å². The Labute approximate surface area is 106 Å². The van der Waals surface area contributed by atoms with Crippen molar-refractivity contribution in [3.63, 3.8) is 0 Å². The van der Waals surface area contributed by atoms with Crippen molar-refractivity contribution in [1.82, 2.24) is 5.32 Å². The number of hydrogen-bond donors (Lipinski definition) is 1. The summed E-state index contributed by atoms with van der Waals surface area (Å²) in [5.41, 5.74) is 0. The molecule has 1 heterocycles. The number of sulfone groups is 1. The number of rotatable bonds is 8. The first-order valence-corrected chi connectivity index (χ1v) is 8.83. The molecule has 1 aliphatic heterocycles. The molecule has 1 N–H and O–H groups in total. The van der Waals surface area contributed by atoms with Crippen LogP contribution in [0.1, 0.15) is 52.4 Å². The second kappa shape index (κ2) is 7.37. The maximum absolute atomic E-state index is 11.4. The van der Waals surface area contributed by atoms with E-state index in [1.54, 1.807) is 0 Å². The zero-order valence-electron chi connectivity index (χ0n) is 11.2. The molecule has 0 aromatic rings. The van der Waals surface area contributed by atoms with Gasteiger partial charge in [-0.3, -0.25) is 0 Å². The zero-order chi connectivity index (χ0) is 12.7. The fourth-order valence-electron chi connectivity index (χ4n) is 2.69. The summed E-state index contributed by atoms with van der Waals surface area (Å²) >= 11 is 0. The summed E-state index contributed by atoms with van der Waals surface area (Å²) in [5.74, 6) is 1.22. The molecule has 1 fully saturated rings. The van der Waals surface area contributed by atoms with Gasteiger partial charge in [0, 0.05) is 6.04 Å². The first kappa shape index (κ1) is 15.0. The van der Waals surface area contributed by atoms with Crippen LogP contribution >= 0.6 is 0 Å². The highest BCUT2D eigenvalue weighted by Crippen LogP contribution is 2.24. The van der Waals surface area contributed by atoms with E-state index in [0.717, 1.165) is 19.4 Å². The molecule has 17 heavy (non-hydrogen) atoms. The summed E-state index contributed by atoms with van der Waals surface area (Å²) in [6, 6.07) is 0.518. The SMILES string of the molecule is CCCCCC(CC1CCS(=O)(=O)C1)NCC. The molecule has 0 spiro atoms. The maximum Gasteiger partial charge on any atom is 0.150 e. The summed E-state index contributed by atoms with van der Waals surface area (Å²) in [7, 11) is -2.71. The molecule has 0 aliphatic carbocycles. The van der Waals surface area contributed by atoms with Crippen molar-refractivity contribution in [2.45, 2.75) is 58.4 Å². The van der Waals surface area contributed by atoms with Gasteiger partial charge in [-0.1, -0.05) is 33.1 Å². The summed E-state index contributed by atoms with van der Waals surface area (Å²) in [6.45, 7) is 5.32. The Kier molecular flexibility index (Phi) is 6.49. The molecular weight excluding hydrogens is 234 g/mol. The van der Waals surface area contributed by atoms with Gasteiger partial charge in [0.15, 0.2) is 9.84 Å². The fourth-order valence-corrected chi connectivity index (χ4v) is 4.57. The van der Waals surface area contributed by atoms with Gasteiger partial charge in [0.05, 0.1) is 11.5 Å². The minimum Gasteiger partial charge on any atom is -0.314 e. The van der Waals surface area contributed by atoms with Crippen molar-refractivity contribution in [2.24, 2.45) is 5.92 Å². The van der Waals surface area contributed by atoms with E-state index in [2.05, 4.69) is 19.2 Å². The third-order valence-electron chi connectivity index (χ3n) is 3.59. The predicted octanol–water partition coefficient (Wildman–Crippen LogP) is 2.37. The Morgan fingerprint density at radius 3 is 2.59 bits per heavy atom. The Hall–Kier alpha value is -0.0900. The molecule has 0 aromatic carbocycles. The standard InChI is InChI=1S/C13H27NO2S/c1-3-5-6-7-13(14-4-2)10-12-8-9-17(15,16)11-12/h12-14H,3-11H2,1-2H3. The lowest BCUT2D eigenvalue weighted by Crippen LogP contribution is -2.31. The maximum atomic E-state index is 11.4. The van der Waals surface area contributed by atoms with Crippen molar-refractivity contribution in [3.8, 4) is 0 Å². The molecule has 1 aliphatic rings. The van der Waals surface area contributed by atoms with Gasteiger partial charge in [0.2, 0.25) is 0 Å². The monoisotopic (exact) mass is 261 g/mol. The van der Waals surface area contributed by atoms with Gasteiger partial charge in [-0.2, -0.15) is 0 Å². The Morgan fingerprint density at radius 2 is 2.06 bits per heavy atom. The Morgan fingerprint density at radius 1 is 1.29 bits per heavy atom. The third kappa shape index (κ3) is 5.87. The average molecular weight is 261 g/mol.